The van der Waals surface area contributed by atoms with Crippen LogP contribution in [-0.4, -0.2) is 76.8 Å². The molecule has 38 heavy (non-hydrogen) atoms. The molecule has 12 nitrogen and oxygen atoms in total. The van der Waals surface area contributed by atoms with Crippen LogP contribution in [-0.2, 0) is 0 Å². The van der Waals surface area contributed by atoms with Crippen LogP contribution in [0.5, 0.6) is 5.75 Å². The number of aromatic carboxylic acids is 1. The van der Waals surface area contributed by atoms with Crippen molar-refractivity contribution in [2.75, 3.05) is 51.6 Å². The number of nitro groups is 1. The third-order valence-corrected chi connectivity index (χ3v) is 6.15. The largest absolute Gasteiger partial charge is 0.494 e. The smallest absolute Gasteiger partial charge is 0.337 e. The molecule has 0 radical (unpaired) electrons. The van der Waals surface area contributed by atoms with Crippen LogP contribution in [0.2, 0.25) is 0 Å². The Kier molecular flexibility index (Phi) is 7.44. The molecule has 2 aromatic heterocycles. The Balaban J connectivity index is 1.76. The van der Waals surface area contributed by atoms with Gasteiger partial charge in [0.15, 0.2) is 0 Å². The molecular formula is C26H29N7O5. The number of methoxy groups -OCH3 is 1. The van der Waals surface area contributed by atoms with Crippen LogP contribution in [0.25, 0.3) is 16.7 Å². The van der Waals surface area contributed by atoms with Gasteiger partial charge in [-0.3, -0.25) is 14.7 Å². The molecule has 2 heterocycles. The Hall–Kier alpha value is -4.71. The molecule has 4 aromatic rings. The van der Waals surface area contributed by atoms with Gasteiger partial charge in [-0.05, 0) is 27.1 Å². The molecule has 0 unspecified atom stereocenters. The normalized spacial score (nSPS) is 11.1. The summed E-state index contributed by atoms with van der Waals surface area (Å²) in [6, 6.07) is 10.2. The van der Waals surface area contributed by atoms with E-state index in [0.29, 0.717) is 52.5 Å². The second-order valence-electron chi connectivity index (χ2n) is 9.08. The van der Waals surface area contributed by atoms with Gasteiger partial charge in [0, 0.05) is 55.6 Å². The third kappa shape index (κ3) is 5.20. The molecular weight excluding hydrogens is 490 g/mol. The number of carboxylic acid groups (broad SMARTS) is 1. The minimum atomic E-state index is -1.04. The summed E-state index contributed by atoms with van der Waals surface area (Å²) in [6.45, 7) is 3.11. The minimum absolute atomic E-state index is 0.0932. The van der Waals surface area contributed by atoms with Crippen LogP contribution in [0.1, 0.15) is 15.9 Å². The summed E-state index contributed by atoms with van der Waals surface area (Å²) in [6.07, 6.45) is 3.13. The lowest BCUT2D eigenvalue weighted by Crippen LogP contribution is -2.29. The van der Waals surface area contributed by atoms with Crippen molar-refractivity contribution in [2.24, 2.45) is 0 Å². The van der Waals surface area contributed by atoms with Crippen molar-refractivity contribution in [1.82, 2.24) is 19.4 Å². The molecule has 0 bridgehead atoms. The van der Waals surface area contributed by atoms with E-state index >= 15 is 0 Å². The third-order valence-electron chi connectivity index (χ3n) is 6.15. The van der Waals surface area contributed by atoms with E-state index in [9.17, 15) is 20.0 Å². The lowest BCUT2D eigenvalue weighted by atomic mass is 10.2. The highest BCUT2D eigenvalue weighted by atomic mass is 16.6. The number of anilines is 3. The molecule has 4 rings (SSSR count). The SMILES string of the molecule is COc1cc(N(C)CCN(C)C)c([N+](=O)[O-])cc1Nc1ncc(C)c(-n2cc(C(=O)O)c3ccccc32)n1. The fourth-order valence-electron chi connectivity index (χ4n) is 4.13. The zero-order valence-electron chi connectivity index (χ0n) is 21.8. The average Bonchev–Trinajstić information content (AvgIpc) is 3.28. The fraction of sp³-hybridized carbons (Fsp3) is 0.269. The Morgan fingerprint density at radius 1 is 1.21 bits per heavy atom. The number of aryl methyl sites for hydroxylation is 1. The van der Waals surface area contributed by atoms with Crippen molar-refractivity contribution >= 4 is 39.9 Å². The van der Waals surface area contributed by atoms with Crippen LogP contribution >= 0.6 is 0 Å². The molecule has 2 aromatic carbocycles. The number of nitrogens with zero attached hydrogens (tertiary/aromatic N) is 6. The first kappa shape index (κ1) is 26.4. The highest BCUT2D eigenvalue weighted by molar-refractivity contribution is 6.04. The van der Waals surface area contributed by atoms with E-state index in [0.717, 1.165) is 0 Å². The van der Waals surface area contributed by atoms with Gasteiger partial charge in [-0.1, -0.05) is 18.2 Å². The lowest BCUT2D eigenvalue weighted by Gasteiger charge is -2.22. The molecule has 0 aliphatic heterocycles. The van der Waals surface area contributed by atoms with Gasteiger partial charge in [0.2, 0.25) is 5.95 Å². The number of likely N-dealkylation sites (N-methyl/N-ethyl adjacent to an activating group) is 2. The van der Waals surface area contributed by atoms with Gasteiger partial charge in [-0.2, -0.15) is 4.98 Å². The zero-order valence-corrected chi connectivity index (χ0v) is 21.8. The minimum Gasteiger partial charge on any atom is -0.494 e. The second kappa shape index (κ2) is 10.7. The lowest BCUT2D eigenvalue weighted by molar-refractivity contribution is -0.384. The first-order chi connectivity index (χ1) is 18.1. The van der Waals surface area contributed by atoms with Crippen molar-refractivity contribution in [1.29, 1.82) is 0 Å². The number of carboxylic acids is 1. The maximum absolute atomic E-state index is 12.0. The van der Waals surface area contributed by atoms with E-state index in [1.807, 2.05) is 43.0 Å². The van der Waals surface area contributed by atoms with Gasteiger partial charge in [0.05, 0.1) is 28.8 Å². The molecule has 0 spiro atoms. The molecule has 0 saturated heterocycles. The summed E-state index contributed by atoms with van der Waals surface area (Å²) >= 11 is 0. The number of benzene rings is 2. The summed E-state index contributed by atoms with van der Waals surface area (Å²) in [7, 11) is 7.15. The highest BCUT2D eigenvalue weighted by Gasteiger charge is 2.23. The maximum atomic E-state index is 12.0. The van der Waals surface area contributed by atoms with Gasteiger partial charge in [-0.15, -0.1) is 0 Å². The predicted octanol–water partition coefficient (Wildman–Crippen LogP) is 4.09. The zero-order chi connectivity index (χ0) is 27.6. The van der Waals surface area contributed by atoms with E-state index in [1.165, 1.54) is 19.4 Å². The summed E-state index contributed by atoms with van der Waals surface area (Å²) in [5.74, 6) is -0.0217. The topological polar surface area (TPSA) is 139 Å². The van der Waals surface area contributed by atoms with Crippen molar-refractivity contribution in [3.8, 4) is 11.6 Å². The van der Waals surface area contributed by atoms with E-state index in [-0.39, 0.29) is 17.2 Å². The van der Waals surface area contributed by atoms with Crippen LogP contribution in [0.15, 0.2) is 48.8 Å². The number of ether oxygens (including phenoxy) is 1. The first-order valence-corrected chi connectivity index (χ1v) is 11.8. The number of nitrogens with one attached hydrogen (secondary N) is 1. The van der Waals surface area contributed by atoms with Crippen LogP contribution in [0.3, 0.4) is 0 Å². The summed E-state index contributed by atoms with van der Waals surface area (Å²) in [4.78, 5) is 36.1. The molecule has 0 fully saturated rings. The fourth-order valence-corrected chi connectivity index (χ4v) is 4.13. The molecule has 12 heteroatoms. The van der Waals surface area contributed by atoms with Crippen molar-refractivity contribution < 1.29 is 19.6 Å². The number of fused-ring (bicyclic) bond motifs is 1. The average molecular weight is 520 g/mol. The summed E-state index contributed by atoms with van der Waals surface area (Å²) in [5, 5.41) is 25.3. The predicted molar refractivity (Wildman–Crippen MR) is 145 cm³/mol. The molecule has 0 amide bonds. The number of hydrogen-bond acceptors (Lipinski definition) is 9. The first-order valence-electron chi connectivity index (χ1n) is 11.8. The number of aromatic nitrogens is 3. The van der Waals surface area contributed by atoms with E-state index in [1.54, 1.807) is 36.0 Å². The Morgan fingerprint density at radius 2 is 1.95 bits per heavy atom. The number of carbonyl (C=O) groups is 1. The van der Waals surface area contributed by atoms with Gasteiger partial charge in [0.25, 0.3) is 5.69 Å². The van der Waals surface area contributed by atoms with Crippen molar-refractivity contribution in [2.45, 2.75) is 6.92 Å². The monoisotopic (exact) mass is 519 g/mol. The molecule has 0 aliphatic carbocycles. The molecule has 0 atom stereocenters. The quantitative estimate of drug-likeness (QED) is 0.233. The maximum Gasteiger partial charge on any atom is 0.337 e. The number of hydrogen-bond donors (Lipinski definition) is 2. The Morgan fingerprint density at radius 3 is 2.61 bits per heavy atom. The number of para-hydroxylation sites is 1. The molecule has 0 saturated carbocycles. The Bertz CT molecular complexity index is 1520. The molecule has 0 aliphatic rings. The van der Waals surface area contributed by atoms with Crippen LogP contribution in [0.4, 0.5) is 23.0 Å². The summed E-state index contributed by atoms with van der Waals surface area (Å²) in [5.41, 5.74) is 2.19. The van der Waals surface area contributed by atoms with E-state index in [4.69, 9.17) is 4.74 Å². The van der Waals surface area contributed by atoms with Gasteiger partial charge in [0.1, 0.15) is 17.3 Å². The van der Waals surface area contributed by atoms with Crippen LogP contribution in [0, 0.1) is 17.0 Å². The number of rotatable bonds is 10. The number of nitro benzene ring substituents is 1. The van der Waals surface area contributed by atoms with Gasteiger partial charge < -0.3 is 25.0 Å². The highest BCUT2D eigenvalue weighted by Crippen LogP contribution is 2.39. The summed E-state index contributed by atoms with van der Waals surface area (Å²) < 4.78 is 7.24. The van der Waals surface area contributed by atoms with Crippen molar-refractivity contribution in [3.63, 3.8) is 0 Å². The van der Waals surface area contributed by atoms with E-state index < -0.39 is 10.9 Å². The standard InChI is InChI=1S/C26H29N7O5/c1-16-14-27-26(29-24(16)32-15-18(25(34)35)17-8-6-7-9-20(17)32)28-19-12-22(33(36)37)21(13-23(19)38-5)31(4)11-10-30(2)3/h6-9,12-15H,10-11H2,1-5H3,(H,34,35)(H,27,28,29). The van der Waals surface area contributed by atoms with Gasteiger partial charge in [-0.25, -0.2) is 9.78 Å². The van der Waals surface area contributed by atoms with Crippen molar-refractivity contribution in [3.05, 3.63) is 70.0 Å². The second-order valence-corrected chi connectivity index (χ2v) is 9.08. The van der Waals surface area contributed by atoms with Crippen LogP contribution < -0.4 is 15.0 Å². The molecule has 198 valence electrons. The van der Waals surface area contributed by atoms with E-state index in [2.05, 4.69) is 15.3 Å². The van der Waals surface area contributed by atoms with Gasteiger partial charge >= 0.3 is 5.97 Å². The Labute approximate surface area is 219 Å². The molecule has 2 N–H and O–H groups in total.